The average Bonchev–Trinajstić information content (AvgIpc) is 2.21. The lowest BCUT2D eigenvalue weighted by atomic mass is 10.1. The molecule has 0 saturated heterocycles. The predicted molar refractivity (Wildman–Crippen MR) is 67.3 cm³/mol. The molecule has 0 saturated carbocycles. The smallest absolute Gasteiger partial charge is 0.162 e. The van der Waals surface area contributed by atoms with Gasteiger partial charge in [0.15, 0.2) is 11.6 Å². The highest BCUT2D eigenvalue weighted by Crippen LogP contribution is 2.23. The maximum atomic E-state index is 13.3. The number of hydrogen-bond donors (Lipinski definition) is 0. The van der Waals surface area contributed by atoms with Crippen molar-refractivity contribution in [3.05, 3.63) is 35.4 Å². The minimum Gasteiger partial charge on any atom is -0.298 e. The molecule has 1 rings (SSSR count). The normalized spacial score (nSPS) is 11.6. The molecule has 17 heavy (non-hydrogen) atoms. The van der Waals surface area contributed by atoms with Crippen LogP contribution in [0.5, 0.6) is 0 Å². The fraction of sp³-hybridized carbons (Fsp3) is 0.462. The number of ketones is 1. The van der Waals surface area contributed by atoms with Gasteiger partial charge in [-0.05, 0) is 11.6 Å². The van der Waals surface area contributed by atoms with Crippen molar-refractivity contribution in [1.82, 2.24) is 0 Å². The molecule has 1 nitrogen and oxygen atoms in total. The molecule has 94 valence electrons. The van der Waals surface area contributed by atoms with E-state index in [1.54, 1.807) is 0 Å². The summed E-state index contributed by atoms with van der Waals surface area (Å²) in [7, 11) is 0. The Morgan fingerprint density at radius 2 is 1.94 bits per heavy atom. The van der Waals surface area contributed by atoms with Gasteiger partial charge in [-0.2, -0.15) is 0 Å². The van der Waals surface area contributed by atoms with E-state index < -0.39 is 11.6 Å². The van der Waals surface area contributed by atoms with Crippen LogP contribution in [0.15, 0.2) is 18.2 Å². The Labute approximate surface area is 105 Å². The van der Waals surface area contributed by atoms with Gasteiger partial charge in [-0.25, -0.2) is 8.78 Å². The van der Waals surface area contributed by atoms with E-state index in [0.29, 0.717) is 5.75 Å². The van der Waals surface area contributed by atoms with Gasteiger partial charge >= 0.3 is 0 Å². The first-order valence-electron chi connectivity index (χ1n) is 5.38. The van der Waals surface area contributed by atoms with Crippen LogP contribution >= 0.6 is 11.8 Å². The summed E-state index contributed by atoms with van der Waals surface area (Å²) >= 11 is 1.51. The van der Waals surface area contributed by atoms with Crippen LogP contribution in [0.4, 0.5) is 8.78 Å². The van der Waals surface area contributed by atoms with Crippen LogP contribution in [0.3, 0.4) is 0 Å². The molecule has 0 bridgehead atoms. The number of hydrogen-bond acceptors (Lipinski definition) is 2. The zero-order valence-corrected chi connectivity index (χ0v) is 11.0. The molecule has 0 aromatic heterocycles. The van der Waals surface area contributed by atoms with Gasteiger partial charge in [-0.3, -0.25) is 4.79 Å². The molecule has 0 amide bonds. The molecule has 0 atom stereocenters. The topological polar surface area (TPSA) is 17.1 Å². The van der Waals surface area contributed by atoms with E-state index in [1.165, 1.54) is 23.9 Å². The van der Waals surface area contributed by atoms with Crippen LogP contribution in [0.2, 0.25) is 0 Å². The van der Waals surface area contributed by atoms with Crippen molar-refractivity contribution in [2.45, 2.75) is 31.9 Å². The molecular formula is C13H16F2OS. The van der Waals surface area contributed by atoms with Crippen LogP contribution in [-0.4, -0.2) is 16.3 Å². The lowest BCUT2D eigenvalue weighted by molar-refractivity contribution is -0.116. The summed E-state index contributed by atoms with van der Waals surface area (Å²) in [6, 6.07) is 3.91. The van der Waals surface area contributed by atoms with E-state index in [4.69, 9.17) is 0 Å². The zero-order chi connectivity index (χ0) is 13.1. The number of carbonyl (C=O) groups excluding carboxylic acids is 1. The maximum absolute atomic E-state index is 13.3. The summed E-state index contributed by atoms with van der Waals surface area (Å²) in [6.07, 6.45) is -0.0489. The lowest BCUT2D eigenvalue weighted by Gasteiger charge is -2.16. The van der Waals surface area contributed by atoms with Crippen molar-refractivity contribution in [3.63, 3.8) is 0 Å². The fourth-order valence-electron chi connectivity index (χ4n) is 1.25. The van der Waals surface area contributed by atoms with Crippen LogP contribution in [0.25, 0.3) is 0 Å². The maximum Gasteiger partial charge on any atom is 0.162 e. The van der Waals surface area contributed by atoms with E-state index in [1.807, 2.05) is 20.8 Å². The van der Waals surface area contributed by atoms with Crippen molar-refractivity contribution in [2.24, 2.45) is 0 Å². The van der Waals surface area contributed by atoms with Gasteiger partial charge < -0.3 is 0 Å². The first-order chi connectivity index (χ1) is 7.79. The van der Waals surface area contributed by atoms with Gasteiger partial charge in [0, 0.05) is 11.2 Å². The van der Waals surface area contributed by atoms with Crippen LogP contribution < -0.4 is 0 Å². The van der Waals surface area contributed by atoms with Gasteiger partial charge in [0.05, 0.1) is 5.75 Å². The highest BCUT2D eigenvalue weighted by atomic mass is 32.2. The molecule has 0 unspecified atom stereocenters. The Kier molecular flexibility index (Phi) is 4.69. The van der Waals surface area contributed by atoms with Gasteiger partial charge in [-0.1, -0.05) is 32.9 Å². The molecule has 0 heterocycles. The minimum atomic E-state index is -0.915. The molecule has 0 N–H and O–H groups in total. The number of carbonyl (C=O) groups is 1. The molecule has 1 aromatic carbocycles. The summed E-state index contributed by atoms with van der Waals surface area (Å²) in [4.78, 5) is 11.6. The van der Waals surface area contributed by atoms with Gasteiger partial charge in [-0.15, -0.1) is 11.8 Å². The van der Waals surface area contributed by atoms with Gasteiger partial charge in [0.25, 0.3) is 0 Å². The summed E-state index contributed by atoms with van der Waals surface area (Å²) < 4.78 is 26.2. The predicted octanol–water partition coefficient (Wildman–Crippen LogP) is 3.61. The summed E-state index contributed by atoms with van der Waals surface area (Å²) in [5.74, 6) is -1.59. The van der Waals surface area contributed by atoms with E-state index in [2.05, 4.69) is 0 Å². The van der Waals surface area contributed by atoms with Gasteiger partial charge in [0.2, 0.25) is 0 Å². The average molecular weight is 258 g/mol. The molecular weight excluding hydrogens is 242 g/mol. The second-order valence-electron chi connectivity index (χ2n) is 4.83. The Morgan fingerprint density at radius 1 is 1.29 bits per heavy atom. The van der Waals surface area contributed by atoms with Crippen molar-refractivity contribution in [1.29, 1.82) is 0 Å². The van der Waals surface area contributed by atoms with Crippen molar-refractivity contribution in [3.8, 4) is 0 Å². The Hall–Kier alpha value is -0.900. The van der Waals surface area contributed by atoms with Crippen molar-refractivity contribution in [2.75, 3.05) is 5.75 Å². The number of rotatable bonds is 4. The highest BCUT2D eigenvalue weighted by molar-refractivity contribution is 8.01. The standard InChI is InChI=1S/C13H16F2OS/c1-13(2,3)17-8-10(16)7-9-5-4-6-11(14)12(9)15/h4-6H,7-8H2,1-3H3. The van der Waals surface area contributed by atoms with Crippen LogP contribution in [-0.2, 0) is 11.2 Å². The molecule has 0 radical (unpaired) electrons. The second kappa shape index (κ2) is 5.63. The number of halogens is 2. The number of benzene rings is 1. The summed E-state index contributed by atoms with van der Waals surface area (Å²) in [5.41, 5.74) is 0.129. The van der Waals surface area contributed by atoms with E-state index in [-0.39, 0.29) is 22.5 Å². The molecule has 0 aliphatic carbocycles. The van der Waals surface area contributed by atoms with E-state index >= 15 is 0 Å². The molecule has 4 heteroatoms. The minimum absolute atomic E-state index is 0.00383. The third-order valence-electron chi connectivity index (χ3n) is 2.09. The van der Waals surface area contributed by atoms with E-state index in [0.717, 1.165) is 6.07 Å². The molecule has 0 aliphatic rings. The fourth-order valence-corrected chi connectivity index (χ4v) is 1.94. The quantitative estimate of drug-likeness (QED) is 0.820. The first-order valence-corrected chi connectivity index (χ1v) is 6.37. The van der Waals surface area contributed by atoms with Crippen LogP contribution in [0.1, 0.15) is 26.3 Å². The third kappa shape index (κ3) is 4.86. The Balaban J connectivity index is 2.60. The molecule has 0 fully saturated rings. The molecule has 0 spiro atoms. The van der Waals surface area contributed by atoms with Crippen molar-refractivity contribution < 1.29 is 13.6 Å². The highest BCUT2D eigenvalue weighted by Gasteiger charge is 2.15. The van der Waals surface area contributed by atoms with Gasteiger partial charge in [0.1, 0.15) is 5.78 Å². The first kappa shape index (κ1) is 14.2. The molecule has 0 aliphatic heterocycles. The van der Waals surface area contributed by atoms with Crippen molar-refractivity contribution >= 4 is 17.5 Å². The monoisotopic (exact) mass is 258 g/mol. The SMILES string of the molecule is CC(C)(C)SCC(=O)Cc1cccc(F)c1F. The number of thioether (sulfide) groups is 1. The zero-order valence-electron chi connectivity index (χ0n) is 10.2. The van der Waals surface area contributed by atoms with Crippen LogP contribution in [0, 0.1) is 11.6 Å². The summed E-state index contributed by atoms with van der Waals surface area (Å²) in [5, 5.41) is 0. The third-order valence-corrected chi connectivity index (χ3v) is 3.42. The second-order valence-corrected chi connectivity index (χ2v) is 6.63. The molecule has 1 aromatic rings. The Morgan fingerprint density at radius 3 is 2.53 bits per heavy atom. The largest absolute Gasteiger partial charge is 0.298 e. The lowest BCUT2D eigenvalue weighted by Crippen LogP contribution is -2.15. The Bertz CT molecular complexity index is 410. The van der Waals surface area contributed by atoms with E-state index in [9.17, 15) is 13.6 Å². The summed E-state index contributed by atoms with van der Waals surface area (Å²) in [6.45, 7) is 6.02. The number of Topliss-reactive ketones (excluding diaryl/α,β-unsaturated/α-hetero) is 1.